The van der Waals surface area contributed by atoms with E-state index in [2.05, 4.69) is 9.97 Å². The monoisotopic (exact) mass is 335 g/mol. The number of aromatic nitrogens is 3. The normalized spacial score (nSPS) is 19.3. The quantitative estimate of drug-likeness (QED) is 0.840. The number of pyridine rings is 1. The molecule has 0 aromatic carbocycles. The number of ether oxygens (including phenoxy) is 2. The van der Waals surface area contributed by atoms with E-state index in [1.807, 2.05) is 18.5 Å². The van der Waals surface area contributed by atoms with Gasteiger partial charge in [-0.25, -0.2) is 4.98 Å². The second-order valence-corrected chi connectivity index (χ2v) is 7.04. The van der Waals surface area contributed by atoms with Crippen LogP contribution in [-0.4, -0.2) is 26.7 Å². The Hall–Kier alpha value is -1.49. The largest absolute Gasteiger partial charge is 0.473 e. The molecule has 2 heterocycles. The Kier molecular flexibility index (Phi) is 3.84. The van der Waals surface area contributed by atoms with Gasteiger partial charge in [0.25, 0.3) is 6.01 Å². The summed E-state index contributed by atoms with van der Waals surface area (Å²) in [5.41, 5.74) is 2.47. The first-order valence-corrected chi connectivity index (χ1v) is 8.87. The lowest BCUT2D eigenvalue weighted by Gasteiger charge is -2.22. The van der Waals surface area contributed by atoms with E-state index < -0.39 is 0 Å². The van der Waals surface area contributed by atoms with Crippen LogP contribution < -0.4 is 9.47 Å². The minimum absolute atomic E-state index is 0.258. The topological polar surface area (TPSA) is 49.2 Å². The van der Waals surface area contributed by atoms with Gasteiger partial charge < -0.3 is 9.47 Å². The predicted octanol–water partition coefficient (Wildman–Crippen LogP) is 4.18. The molecule has 0 unspecified atom stereocenters. The Morgan fingerprint density at radius 3 is 2.39 bits per heavy atom. The van der Waals surface area contributed by atoms with Crippen LogP contribution in [0.2, 0.25) is 5.02 Å². The van der Waals surface area contributed by atoms with Gasteiger partial charge in [-0.2, -0.15) is 4.98 Å². The van der Waals surface area contributed by atoms with E-state index in [9.17, 15) is 0 Å². The summed E-state index contributed by atoms with van der Waals surface area (Å²) in [7, 11) is 1.94. The van der Waals surface area contributed by atoms with Crippen LogP contribution in [0.15, 0.2) is 0 Å². The lowest BCUT2D eigenvalue weighted by Crippen LogP contribution is -2.21. The number of hydrogen-bond donors (Lipinski definition) is 0. The van der Waals surface area contributed by atoms with Crippen LogP contribution in [0.1, 0.15) is 50.6 Å². The number of hydrogen-bond acceptors (Lipinski definition) is 4. The van der Waals surface area contributed by atoms with Crippen molar-refractivity contribution >= 4 is 22.6 Å². The third-order valence-corrected chi connectivity index (χ3v) is 5.03. The fourth-order valence-corrected chi connectivity index (χ4v) is 3.50. The molecule has 2 aliphatic carbocycles. The molecule has 0 spiro atoms. The summed E-state index contributed by atoms with van der Waals surface area (Å²) in [5.74, 6) is 0.520. The zero-order valence-electron chi connectivity index (χ0n) is 13.6. The molecule has 0 saturated heterocycles. The average Bonchev–Trinajstić information content (AvgIpc) is 3.30. The summed E-state index contributed by atoms with van der Waals surface area (Å²) in [5, 5.41) is 0.533. The number of halogens is 1. The van der Waals surface area contributed by atoms with E-state index in [1.54, 1.807) is 0 Å². The van der Waals surface area contributed by atoms with Gasteiger partial charge in [0, 0.05) is 7.05 Å². The van der Waals surface area contributed by atoms with Gasteiger partial charge in [0.15, 0.2) is 0 Å². The van der Waals surface area contributed by atoms with Crippen molar-refractivity contribution in [2.75, 3.05) is 0 Å². The van der Waals surface area contributed by atoms with Crippen molar-refractivity contribution in [1.82, 2.24) is 14.5 Å². The maximum atomic E-state index is 6.54. The molecule has 0 radical (unpaired) electrons. The number of nitrogens with zero attached hydrogens (tertiary/aromatic N) is 3. The molecule has 0 bridgehead atoms. The average molecular weight is 336 g/mol. The van der Waals surface area contributed by atoms with Crippen LogP contribution >= 0.6 is 11.6 Å². The van der Waals surface area contributed by atoms with Gasteiger partial charge in [0.1, 0.15) is 22.7 Å². The molecule has 0 amide bonds. The van der Waals surface area contributed by atoms with E-state index in [1.165, 1.54) is 19.3 Å². The zero-order valence-corrected chi connectivity index (χ0v) is 14.4. The summed E-state index contributed by atoms with van der Waals surface area (Å²) in [6, 6.07) is 0.627. The van der Waals surface area contributed by atoms with Crippen molar-refractivity contribution in [3.63, 3.8) is 0 Å². The number of imidazole rings is 1. The van der Waals surface area contributed by atoms with Crippen LogP contribution in [-0.2, 0) is 7.05 Å². The third kappa shape index (κ3) is 2.87. The fraction of sp³-hybridized carbons (Fsp3) is 0.647. The van der Waals surface area contributed by atoms with E-state index in [0.29, 0.717) is 16.9 Å². The van der Waals surface area contributed by atoms with Gasteiger partial charge in [0.2, 0.25) is 5.88 Å². The van der Waals surface area contributed by atoms with Gasteiger partial charge >= 0.3 is 0 Å². The molecule has 2 fully saturated rings. The summed E-state index contributed by atoms with van der Waals surface area (Å²) in [4.78, 5) is 9.14. The zero-order chi connectivity index (χ0) is 16.0. The second-order valence-electron chi connectivity index (χ2n) is 6.66. The van der Waals surface area contributed by atoms with Crippen molar-refractivity contribution in [2.45, 2.75) is 64.1 Å². The third-order valence-electron chi connectivity index (χ3n) is 4.69. The smallest absolute Gasteiger partial charge is 0.297 e. The first kappa shape index (κ1) is 15.1. The molecule has 0 aliphatic heterocycles. The lowest BCUT2D eigenvalue weighted by molar-refractivity contribution is 0.138. The number of fused-ring (bicyclic) bond motifs is 1. The van der Waals surface area contributed by atoms with E-state index in [0.717, 1.165) is 42.4 Å². The van der Waals surface area contributed by atoms with Crippen LogP contribution in [0.3, 0.4) is 0 Å². The summed E-state index contributed by atoms with van der Waals surface area (Å²) >= 11 is 6.54. The molecular weight excluding hydrogens is 314 g/mol. The molecule has 5 nitrogen and oxygen atoms in total. The molecule has 2 aromatic heterocycles. The summed E-state index contributed by atoms with van der Waals surface area (Å²) < 4.78 is 13.9. The van der Waals surface area contributed by atoms with Crippen LogP contribution in [0, 0.1) is 6.92 Å². The Morgan fingerprint density at radius 2 is 1.70 bits per heavy atom. The number of rotatable bonds is 4. The fourth-order valence-electron chi connectivity index (χ4n) is 3.20. The SMILES string of the molecule is Cc1nc(OC2CC2)c(Cl)c2c1nc(OC1CCCCC1)n2C. The van der Waals surface area contributed by atoms with Gasteiger partial charge in [-0.1, -0.05) is 18.0 Å². The first-order chi connectivity index (χ1) is 11.1. The van der Waals surface area contributed by atoms with E-state index >= 15 is 0 Å². The minimum atomic E-state index is 0.258. The Balaban J connectivity index is 1.70. The Morgan fingerprint density at radius 1 is 1.00 bits per heavy atom. The van der Waals surface area contributed by atoms with Gasteiger partial charge in [-0.15, -0.1) is 0 Å². The Labute approximate surface area is 141 Å². The van der Waals surface area contributed by atoms with Crippen molar-refractivity contribution in [1.29, 1.82) is 0 Å². The highest BCUT2D eigenvalue weighted by Crippen LogP contribution is 2.37. The molecule has 6 heteroatoms. The summed E-state index contributed by atoms with van der Waals surface area (Å²) in [6.07, 6.45) is 8.65. The predicted molar refractivity (Wildman–Crippen MR) is 89.4 cm³/mol. The molecular formula is C17H22ClN3O2. The van der Waals surface area contributed by atoms with Crippen LogP contribution in [0.25, 0.3) is 11.0 Å². The van der Waals surface area contributed by atoms with Gasteiger partial charge in [-0.05, 0) is 45.4 Å². The molecule has 2 saturated carbocycles. The maximum absolute atomic E-state index is 6.54. The van der Waals surface area contributed by atoms with Gasteiger partial charge in [-0.3, -0.25) is 4.57 Å². The highest BCUT2D eigenvalue weighted by molar-refractivity contribution is 6.36. The minimum Gasteiger partial charge on any atom is -0.473 e. The summed E-state index contributed by atoms with van der Waals surface area (Å²) in [6.45, 7) is 1.94. The molecule has 4 rings (SSSR count). The first-order valence-electron chi connectivity index (χ1n) is 8.49. The van der Waals surface area contributed by atoms with Gasteiger partial charge in [0.05, 0.1) is 11.2 Å². The Bertz CT molecular complexity index is 733. The lowest BCUT2D eigenvalue weighted by atomic mass is 9.98. The molecule has 124 valence electrons. The molecule has 0 N–H and O–H groups in total. The molecule has 2 aromatic rings. The maximum Gasteiger partial charge on any atom is 0.297 e. The van der Waals surface area contributed by atoms with Crippen molar-refractivity contribution < 1.29 is 9.47 Å². The standard InChI is InChI=1S/C17H22ClN3O2/c1-10-14-15(13(18)16(19-10)22-12-8-9-12)21(2)17(20-14)23-11-6-4-3-5-7-11/h11-12H,3-9H2,1-2H3. The number of aryl methyl sites for hydroxylation is 2. The molecule has 2 aliphatic rings. The van der Waals surface area contributed by atoms with Crippen molar-refractivity contribution in [3.05, 3.63) is 10.7 Å². The van der Waals surface area contributed by atoms with Crippen molar-refractivity contribution in [2.24, 2.45) is 7.05 Å². The molecule has 0 atom stereocenters. The highest BCUT2D eigenvalue weighted by Gasteiger charge is 2.28. The second kappa shape index (κ2) is 5.86. The molecule has 23 heavy (non-hydrogen) atoms. The van der Waals surface area contributed by atoms with Crippen LogP contribution in [0.4, 0.5) is 0 Å². The van der Waals surface area contributed by atoms with E-state index in [4.69, 9.17) is 21.1 Å². The highest BCUT2D eigenvalue weighted by atomic mass is 35.5. The van der Waals surface area contributed by atoms with Crippen LogP contribution in [0.5, 0.6) is 11.9 Å². The van der Waals surface area contributed by atoms with E-state index in [-0.39, 0.29) is 12.2 Å². The van der Waals surface area contributed by atoms with Crippen molar-refractivity contribution in [3.8, 4) is 11.9 Å².